The van der Waals surface area contributed by atoms with Crippen LogP contribution in [0.15, 0.2) is 42.5 Å². The molecule has 0 unspecified atom stereocenters. The van der Waals surface area contributed by atoms with E-state index in [9.17, 15) is 9.59 Å². The second kappa shape index (κ2) is 5.59. The van der Waals surface area contributed by atoms with Gasteiger partial charge in [-0.15, -0.1) is 0 Å². The Balaban J connectivity index is 1.84. The van der Waals surface area contributed by atoms with Crippen LogP contribution in [0.4, 0.5) is 5.69 Å². The minimum atomic E-state index is -0.220. The van der Waals surface area contributed by atoms with Crippen LogP contribution in [0.25, 0.3) is 22.5 Å². The first-order valence-electron chi connectivity index (χ1n) is 7.78. The van der Waals surface area contributed by atoms with E-state index in [4.69, 9.17) is 4.74 Å². The van der Waals surface area contributed by atoms with Crippen LogP contribution in [0, 0.1) is 0 Å². The molecule has 0 saturated carbocycles. The third-order valence-electron chi connectivity index (χ3n) is 4.23. The van der Waals surface area contributed by atoms with Gasteiger partial charge in [-0.05, 0) is 30.3 Å². The number of fused-ring (bicyclic) bond motifs is 3. The fourth-order valence-corrected chi connectivity index (χ4v) is 3.14. The molecule has 1 amide bonds. The van der Waals surface area contributed by atoms with E-state index in [2.05, 4.69) is 15.5 Å². The highest BCUT2D eigenvalue weighted by Gasteiger charge is 2.34. The highest BCUT2D eigenvalue weighted by atomic mass is 16.5. The van der Waals surface area contributed by atoms with Crippen molar-refractivity contribution in [2.24, 2.45) is 0 Å². The van der Waals surface area contributed by atoms with E-state index < -0.39 is 0 Å². The third-order valence-corrected chi connectivity index (χ3v) is 4.23. The number of aromatic amines is 1. The van der Waals surface area contributed by atoms with Crippen LogP contribution >= 0.6 is 0 Å². The second-order valence-corrected chi connectivity index (χ2v) is 5.79. The highest BCUT2D eigenvalue weighted by molar-refractivity contribution is 6.26. The molecule has 4 rings (SSSR count). The molecule has 1 heterocycles. The van der Waals surface area contributed by atoms with E-state index in [1.165, 1.54) is 6.92 Å². The van der Waals surface area contributed by atoms with Crippen LogP contribution in [0.2, 0.25) is 0 Å². The Morgan fingerprint density at radius 3 is 2.56 bits per heavy atom. The molecular formula is C19H15N3O3. The van der Waals surface area contributed by atoms with Gasteiger partial charge in [0.05, 0.1) is 29.6 Å². The lowest BCUT2D eigenvalue weighted by Crippen LogP contribution is -2.10. The summed E-state index contributed by atoms with van der Waals surface area (Å²) in [5.41, 5.74) is 4.36. The first-order chi connectivity index (χ1) is 12.1. The van der Waals surface area contributed by atoms with Crippen LogP contribution in [0.1, 0.15) is 22.8 Å². The van der Waals surface area contributed by atoms with Crippen molar-refractivity contribution in [1.29, 1.82) is 0 Å². The van der Waals surface area contributed by atoms with Crippen LogP contribution in [0.5, 0.6) is 5.75 Å². The van der Waals surface area contributed by atoms with E-state index in [1.54, 1.807) is 19.2 Å². The number of carbonyl (C=O) groups is 2. The first-order valence-corrected chi connectivity index (χ1v) is 7.78. The maximum Gasteiger partial charge on any atom is 0.221 e. The molecule has 25 heavy (non-hydrogen) atoms. The molecule has 6 heteroatoms. The summed E-state index contributed by atoms with van der Waals surface area (Å²) in [6.07, 6.45) is 0. The summed E-state index contributed by atoms with van der Waals surface area (Å²) in [6, 6.07) is 12.8. The number of methoxy groups -OCH3 is 1. The molecule has 1 aromatic heterocycles. The number of ketones is 1. The first kappa shape index (κ1) is 15.1. The average Bonchev–Trinajstić information content (AvgIpc) is 3.16. The second-order valence-electron chi connectivity index (χ2n) is 5.79. The zero-order valence-corrected chi connectivity index (χ0v) is 13.7. The summed E-state index contributed by atoms with van der Waals surface area (Å²) >= 11 is 0. The van der Waals surface area contributed by atoms with Gasteiger partial charge in [-0.2, -0.15) is 5.10 Å². The number of ether oxygens (including phenoxy) is 1. The van der Waals surface area contributed by atoms with E-state index in [1.807, 2.05) is 30.3 Å². The quantitative estimate of drug-likeness (QED) is 0.603. The molecule has 6 nitrogen and oxygen atoms in total. The summed E-state index contributed by atoms with van der Waals surface area (Å²) in [4.78, 5) is 24.5. The van der Waals surface area contributed by atoms with Crippen molar-refractivity contribution in [2.45, 2.75) is 6.92 Å². The molecular weight excluding hydrogens is 318 g/mol. The highest BCUT2D eigenvalue weighted by Crippen LogP contribution is 2.42. The van der Waals surface area contributed by atoms with Gasteiger partial charge in [0.1, 0.15) is 11.4 Å². The summed E-state index contributed by atoms with van der Waals surface area (Å²) in [7, 11) is 1.60. The number of anilines is 1. The number of hydrogen-bond donors (Lipinski definition) is 2. The summed E-state index contributed by atoms with van der Waals surface area (Å²) < 4.78 is 5.17. The molecule has 0 spiro atoms. The van der Waals surface area contributed by atoms with Crippen LogP contribution in [-0.2, 0) is 4.79 Å². The molecule has 0 aliphatic heterocycles. The predicted molar refractivity (Wildman–Crippen MR) is 93.7 cm³/mol. The minimum absolute atomic E-state index is 0.145. The lowest BCUT2D eigenvalue weighted by molar-refractivity contribution is -0.114. The Bertz CT molecular complexity index is 1000. The molecule has 2 aromatic carbocycles. The van der Waals surface area contributed by atoms with Gasteiger partial charge in [-0.1, -0.05) is 12.1 Å². The lowest BCUT2D eigenvalue weighted by atomic mass is 10.0. The Hall–Kier alpha value is -3.41. The zero-order chi connectivity index (χ0) is 17.6. The van der Waals surface area contributed by atoms with Crippen molar-refractivity contribution in [3.05, 3.63) is 53.6 Å². The molecule has 1 aliphatic carbocycles. The van der Waals surface area contributed by atoms with Crippen molar-refractivity contribution in [3.8, 4) is 28.3 Å². The van der Waals surface area contributed by atoms with Gasteiger partial charge in [-0.25, -0.2) is 0 Å². The lowest BCUT2D eigenvalue weighted by Gasteiger charge is -2.08. The monoisotopic (exact) mass is 333 g/mol. The number of amides is 1. The van der Waals surface area contributed by atoms with E-state index in [-0.39, 0.29) is 11.7 Å². The molecule has 0 atom stereocenters. The van der Waals surface area contributed by atoms with Gasteiger partial charge >= 0.3 is 0 Å². The standard InChI is InChI=1S/C19H15N3O3/c1-10(23)20-14-5-3-4-13-15(14)19(24)16-17(21-22-18(13)16)11-6-8-12(25-2)9-7-11/h3-9H,1-2H3,(H,20,23)(H,21,22). The number of H-pyrrole nitrogens is 1. The van der Waals surface area contributed by atoms with Gasteiger partial charge in [0.15, 0.2) is 5.78 Å². The molecule has 0 fully saturated rings. The van der Waals surface area contributed by atoms with Crippen molar-refractivity contribution in [1.82, 2.24) is 10.2 Å². The third kappa shape index (κ3) is 2.30. The normalized spacial score (nSPS) is 11.8. The summed E-state index contributed by atoms with van der Waals surface area (Å²) in [5.74, 6) is 0.374. The van der Waals surface area contributed by atoms with Gasteiger partial charge in [0.2, 0.25) is 5.91 Å². The Labute approximate surface area is 143 Å². The number of rotatable bonds is 3. The Kier molecular flexibility index (Phi) is 3.39. The maximum atomic E-state index is 13.0. The van der Waals surface area contributed by atoms with Gasteiger partial charge < -0.3 is 10.1 Å². The maximum absolute atomic E-state index is 13.0. The van der Waals surface area contributed by atoms with Crippen LogP contribution in [0.3, 0.4) is 0 Å². The molecule has 3 aromatic rings. The predicted octanol–water partition coefficient (Wildman–Crippen LogP) is 3.26. The number of aromatic nitrogens is 2. The molecule has 0 radical (unpaired) electrons. The molecule has 1 aliphatic rings. The number of benzene rings is 2. The smallest absolute Gasteiger partial charge is 0.221 e. The van der Waals surface area contributed by atoms with Crippen molar-refractivity contribution in [3.63, 3.8) is 0 Å². The van der Waals surface area contributed by atoms with E-state index >= 15 is 0 Å². The number of nitrogens with zero attached hydrogens (tertiary/aromatic N) is 1. The van der Waals surface area contributed by atoms with Crippen molar-refractivity contribution in [2.75, 3.05) is 12.4 Å². The zero-order valence-electron chi connectivity index (χ0n) is 13.7. The van der Waals surface area contributed by atoms with Gasteiger partial charge in [0.25, 0.3) is 0 Å². The Morgan fingerprint density at radius 2 is 1.88 bits per heavy atom. The molecule has 2 N–H and O–H groups in total. The van der Waals surface area contributed by atoms with E-state index in [0.717, 1.165) is 16.9 Å². The minimum Gasteiger partial charge on any atom is -0.497 e. The van der Waals surface area contributed by atoms with E-state index in [0.29, 0.717) is 28.2 Å². The number of hydrogen-bond acceptors (Lipinski definition) is 4. The van der Waals surface area contributed by atoms with Crippen molar-refractivity contribution < 1.29 is 14.3 Å². The molecule has 0 saturated heterocycles. The van der Waals surface area contributed by atoms with Crippen LogP contribution in [-0.4, -0.2) is 29.0 Å². The summed E-state index contributed by atoms with van der Waals surface area (Å²) in [5, 5.41) is 10.0. The van der Waals surface area contributed by atoms with Gasteiger partial charge in [0, 0.05) is 18.1 Å². The van der Waals surface area contributed by atoms with Crippen molar-refractivity contribution >= 4 is 17.4 Å². The number of carbonyl (C=O) groups excluding carboxylic acids is 2. The molecule has 124 valence electrons. The van der Waals surface area contributed by atoms with Gasteiger partial charge in [-0.3, -0.25) is 14.7 Å². The molecule has 0 bridgehead atoms. The topological polar surface area (TPSA) is 84.1 Å². The number of nitrogens with one attached hydrogen (secondary N) is 2. The SMILES string of the molecule is COc1ccc(-c2[nH]nc3c2C(=O)c2c(NC(C)=O)cccc2-3)cc1. The van der Waals surface area contributed by atoms with Crippen LogP contribution < -0.4 is 10.1 Å². The average molecular weight is 333 g/mol. The Morgan fingerprint density at radius 1 is 1.12 bits per heavy atom. The summed E-state index contributed by atoms with van der Waals surface area (Å²) in [6.45, 7) is 1.42. The fourth-order valence-electron chi connectivity index (χ4n) is 3.14. The largest absolute Gasteiger partial charge is 0.497 e. The fraction of sp³-hybridized carbons (Fsp3) is 0.105.